The molecule has 0 aromatic carbocycles. The van der Waals surface area contributed by atoms with Gasteiger partial charge in [0.25, 0.3) is 6.10 Å². The van der Waals surface area contributed by atoms with Crippen LogP contribution in [0.4, 0.5) is 32.0 Å². The van der Waals surface area contributed by atoms with Crippen LogP contribution >= 0.6 is 0 Å². The second kappa shape index (κ2) is 4.30. The number of rotatable bonds is 2. The fourth-order valence-electron chi connectivity index (χ4n) is 0.933. The first-order chi connectivity index (χ1) is 7.62. The minimum Gasteiger partial charge on any atom is -0.453 e. The number of pyridine rings is 1. The van der Waals surface area contributed by atoms with Crippen LogP contribution in [0.5, 0.6) is 5.88 Å². The molecule has 0 bridgehead atoms. The molecule has 0 saturated heterocycles. The van der Waals surface area contributed by atoms with Crippen LogP contribution in [-0.2, 0) is 0 Å². The summed E-state index contributed by atoms with van der Waals surface area (Å²) < 4.78 is 76.5. The van der Waals surface area contributed by atoms with E-state index in [-0.39, 0.29) is 0 Å². The fourth-order valence-corrected chi connectivity index (χ4v) is 0.933. The number of nitrogens with two attached hydrogens (primary N) is 1. The van der Waals surface area contributed by atoms with Gasteiger partial charge in [0, 0.05) is 6.20 Å². The molecule has 0 amide bonds. The van der Waals surface area contributed by atoms with Crippen molar-refractivity contribution in [3.8, 4) is 5.88 Å². The molecule has 0 aliphatic heterocycles. The SMILES string of the molecule is Nc1cccnc1OC(C(F)(F)F)C(F)(F)F. The molecule has 0 aliphatic rings. The maximum absolute atomic E-state index is 12.1. The highest BCUT2D eigenvalue weighted by Crippen LogP contribution is 2.36. The summed E-state index contributed by atoms with van der Waals surface area (Å²) in [6, 6.07) is 2.32. The summed E-state index contributed by atoms with van der Waals surface area (Å²) in [6.07, 6.45) is -14.2. The summed E-state index contributed by atoms with van der Waals surface area (Å²) in [6.45, 7) is 0. The molecule has 3 nitrogen and oxygen atoms in total. The molecule has 2 N–H and O–H groups in total. The van der Waals surface area contributed by atoms with Gasteiger partial charge in [-0.15, -0.1) is 0 Å². The van der Waals surface area contributed by atoms with E-state index in [2.05, 4.69) is 9.72 Å². The van der Waals surface area contributed by atoms with Crippen molar-refractivity contribution in [1.82, 2.24) is 4.98 Å². The lowest BCUT2D eigenvalue weighted by Crippen LogP contribution is -2.46. The number of nitrogen functional groups attached to an aromatic ring is 1. The Labute approximate surface area is 91.2 Å². The molecule has 0 fully saturated rings. The maximum atomic E-state index is 12.1. The topological polar surface area (TPSA) is 48.1 Å². The molecule has 0 spiro atoms. The molecule has 1 heterocycles. The van der Waals surface area contributed by atoms with Gasteiger partial charge in [-0.1, -0.05) is 0 Å². The molecule has 1 aromatic heterocycles. The van der Waals surface area contributed by atoms with Crippen molar-refractivity contribution >= 4 is 5.69 Å². The Bertz CT molecular complexity index is 374. The van der Waals surface area contributed by atoms with E-state index in [1.165, 1.54) is 6.07 Å². The third-order valence-corrected chi connectivity index (χ3v) is 1.62. The quantitative estimate of drug-likeness (QED) is 0.831. The molecule has 1 rings (SSSR count). The molecular formula is C8H6F6N2O. The second-order valence-corrected chi connectivity index (χ2v) is 2.98. The van der Waals surface area contributed by atoms with E-state index in [0.29, 0.717) is 0 Å². The first kappa shape index (κ1) is 13.4. The summed E-state index contributed by atoms with van der Waals surface area (Å²) in [5.74, 6) is -0.910. The molecule has 1 aromatic rings. The normalized spacial score (nSPS) is 12.9. The predicted molar refractivity (Wildman–Crippen MR) is 45.2 cm³/mol. The number of hydrogen-bond donors (Lipinski definition) is 1. The molecule has 0 saturated carbocycles. The van der Waals surface area contributed by atoms with E-state index < -0.39 is 30.0 Å². The zero-order valence-electron chi connectivity index (χ0n) is 8.01. The van der Waals surface area contributed by atoms with Gasteiger partial charge < -0.3 is 10.5 Å². The third-order valence-electron chi connectivity index (χ3n) is 1.62. The van der Waals surface area contributed by atoms with E-state index in [1.54, 1.807) is 0 Å². The van der Waals surface area contributed by atoms with Crippen molar-refractivity contribution in [2.45, 2.75) is 18.5 Å². The van der Waals surface area contributed by atoms with Crippen molar-refractivity contribution in [2.75, 3.05) is 5.73 Å². The minimum absolute atomic E-state index is 0.411. The zero-order valence-corrected chi connectivity index (χ0v) is 8.01. The lowest BCUT2D eigenvalue weighted by Gasteiger charge is -2.23. The average molecular weight is 260 g/mol. The summed E-state index contributed by atoms with van der Waals surface area (Å²) in [7, 11) is 0. The predicted octanol–water partition coefficient (Wildman–Crippen LogP) is 2.54. The molecule has 0 unspecified atom stereocenters. The van der Waals surface area contributed by atoms with Gasteiger partial charge in [-0.2, -0.15) is 26.3 Å². The first-order valence-electron chi connectivity index (χ1n) is 4.13. The summed E-state index contributed by atoms with van der Waals surface area (Å²) in [5, 5.41) is 0. The van der Waals surface area contributed by atoms with Crippen molar-refractivity contribution < 1.29 is 31.1 Å². The van der Waals surface area contributed by atoms with Gasteiger partial charge in [0.15, 0.2) is 0 Å². The highest BCUT2D eigenvalue weighted by atomic mass is 19.4. The Kier molecular flexibility index (Phi) is 3.39. The number of alkyl halides is 6. The van der Waals surface area contributed by atoms with Crippen molar-refractivity contribution in [3.05, 3.63) is 18.3 Å². The van der Waals surface area contributed by atoms with Crippen LogP contribution in [-0.4, -0.2) is 23.4 Å². The van der Waals surface area contributed by atoms with Crippen molar-refractivity contribution in [1.29, 1.82) is 0 Å². The number of aromatic nitrogens is 1. The second-order valence-electron chi connectivity index (χ2n) is 2.98. The van der Waals surface area contributed by atoms with Gasteiger partial charge in [-0.3, -0.25) is 0 Å². The van der Waals surface area contributed by atoms with E-state index >= 15 is 0 Å². The Morgan fingerprint density at radius 2 is 1.65 bits per heavy atom. The average Bonchev–Trinajstić information content (AvgIpc) is 2.12. The zero-order chi connectivity index (χ0) is 13.3. The van der Waals surface area contributed by atoms with Gasteiger partial charge >= 0.3 is 12.4 Å². The van der Waals surface area contributed by atoms with Crippen LogP contribution in [0.1, 0.15) is 0 Å². The Morgan fingerprint density at radius 3 is 2.06 bits per heavy atom. The highest BCUT2D eigenvalue weighted by Gasteiger charge is 2.59. The van der Waals surface area contributed by atoms with Crippen LogP contribution in [0.2, 0.25) is 0 Å². The van der Waals surface area contributed by atoms with Gasteiger partial charge in [-0.25, -0.2) is 4.98 Å². The lowest BCUT2D eigenvalue weighted by atomic mass is 10.3. The standard InChI is InChI=1S/C8H6F6N2O/c9-7(10,11)6(8(12,13)14)17-5-4(15)2-1-3-16-5/h1-3,6H,15H2. The van der Waals surface area contributed by atoms with Crippen molar-refractivity contribution in [3.63, 3.8) is 0 Å². The summed E-state index contributed by atoms with van der Waals surface area (Å²) in [5.41, 5.74) is 4.72. The Hall–Kier alpha value is -1.67. The van der Waals surface area contributed by atoms with E-state index in [0.717, 1.165) is 12.3 Å². The van der Waals surface area contributed by atoms with E-state index in [4.69, 9.17) is 5.73 Å². The van der Waals surface area contributed by atoms with Crippen LogP contribution in [0.25, 0.3) is 0 Å². The van der Waals surface area contributed by atoms with Crippen LogP contribution < -0.4 is 10.5 Å². The fraction of sp³-hybridized carbons (Fsp3) is 0.375. The highest BCUT2D eigenvalue weighted by molar-refractivity contribution is 5.47. The number of hydrogen-bond acceptors (Lipinski definition) is 3. The number of halogens is 6. The summed E-state index contributed by atoms with van der Waals surface area (Å²) in [4.78, 5) is 3.20. The molecule has 0 radical (unpaired) electrons. The molecular weight excluding hydrogens is 254 g/mol. The van der Waals surface area contributed by atoms with Crippen LogP contribution in [0.15, 0.2) is 18.3 Å². The monoisotopic (exact) mass is 260 g/mol. The summed E-state index contributed by atoms with van der Waals surface area (Å²) >= 11 is 0. The largest absolute Gasteiger partial charge is 0.453 e. The van der Waals surface area contributed by atoms with E-state index in [1.807, 2.05) is 0 Å². The first-order valence-corrected chi connectivity index (χ1v) is 4.13. The van der Waals surface area contributed by atoms with Crippen LogP contribution in [0.3, 0.4) is 0 Å². The lowest BCUT2D eigenvalue weighted by molar-refractivity contribution is -0.300. The smallest absolute Gasteiger partial charge is 0.434 e. The van der Waals surface area contributed by atoms with E-state index in [9.17, 15) is 26.3 Å². The number of nitrogens with zero attached hydrogens (tertiary/aromatic N) is 1. The van der Waals surface area contributed by atoms with Gasteiger partial charge in [0.1, 0.15) is 0 Å². The van der Waals surface area contributed by atoms with Gasteiger partial charge in [-0.05, 0) is 12.1 Å². The number of ether oxygens (including phenoxy) is 1. The number of anilines is 1. The minimum atomic E-state index is -5.60. The molecule has 96 valence electrons. The van der Waals surface area contributed by atoms with Crippen LogP contribution in [0, 0.1) is 0 Å². The molecule has 0 aliphatic carbocycles. The Balaban J connectivity index is 3.00. The Morgan fingerprint density at radius 1 is 1.12 bits per heavy atom. The maximum Gasteiger partial charge on any atom is 0.434 e. The molecule has 0 atom stereocenters. The molecule has 17 heavy (non-hydrogen) atoms. The van der Waals surface area contributed by atoms with Gasteiger partial charge in [0.2, 0.25) is 5.88 Å². The third kappa shape index (κ3) is 3.40. The van der Waals surface area contributed by atoms with Crippen molar-refractivity contribution in [2.24, 2.45) is 0 Å². The molecule has 9 heteroatoms. The van der Waals surface area contributed by atoms with Gasteiger partial charge in [0.05, 0.1) is 5.69 Å².